The lowest BCUT2D eigenvalue weighted by atomic mass is 9.89. The van der Waals surface area contributed by atoms with Gasteiger partial charge in [-0.2, -0.15) is 0 Å². The first-order valence-corrected chi connectivity index (χ1v) is 10.5. The molecule has 0 saturated carbocycles. The van der Waals surface area contributed by atoms with Crippen molar-refractivity contribution in [3.8, 4) is 0 Å². The van der Waals surface area contributed by atoms with Gasteiger partial charge in [0, 0.05) is 0 Å². The van der Waals surface area contributed by atoms with Crippen LogP contribution in [0.15, 0.2) is 48.5 Å². The summed E-state index contributed by atoms with van der Waals surface area (Å²) in [6, 6.07) is 15.2. The van der Waals surface area contributed by atoms with Crippen LogP contribution in [0.25, 0.3) is 0 Å². The summed E-state index contributed by atoms with van der Waals surface area (Å²) in [6.07, 6.45) is 1.97. The summed E-state index contributed by atoms with van der Waals surface area (Å²) in [5.74, 6) is -0.363. The van der Waals surface area contributed by atoms with Crippen molar-refractivity contribution in [2.75, 3.05) is 13.2 Å². The van der Waals surface area contributed by atoms with Gasteiger partial charge in [0.15, 0.2) is 0 Å². The topological polar surface area (TPSA) is 78.9 Å². The Morgan fingerprint density at radius 1 is 1.20 bits per heavy atom. The monoisotopic (exact) mass is 408 g/mol. The number of hydrogen-bond acceptors (Lipinski definition) is 4. The van der Waals surface area contributed by atoms with Crippen LogP contribution in [0.5, 0.6) is 0 Å². The number of β-amino-alcohol motifs (C(OH)–C–C–N with tert-alkyl or cyclic N) is 1. The van der Waals surface area contributed by atoms with Gasteiger partial charge in [0.2, 0.25) is 0 Å². The van der Waals surface area contributed by atoms with Crippen molar-refractivity contribution in [1.82, 2.24) is 10.2 Å². The largest absolute Gasteiger partial charge is 0.389 e. The minimum Gasteiger partial charge on any atom is -0.389 e. The number of nitrogens with one attached hydrogen (secondary N) is 1. The molecule has 30 heavy (non-hydrogen) atoms. The van der Waals surface area contributed by atoms with Crippen molar-refractivity contribution in [2.45, 2.75) is 50.9 Å². The Kier molecular flexibility index (Phi) is 5.62. The Hall–Kier alpha value is -2.70. The number of hydrogen-bond donors (Lipinski definition) is 2. The molecule has 1 aliphatic carbocycles. The highest BCUT2D eigenvalue weighted by Gasteiger charge is 2.49. The molecule has 0 spiro atoms. The molecule has 2 aromatic rings. The Labute approximate surface area is 176 Å². The smallest absolute Gasteiger partial charge is 0.325 e. The van der Waals surface area contributed by atoms with Crippen molar-refractivity contribution in [2.24, 2.45) is 0 Å². The van der Waals surface area contributed by atoms with Crippen molar-refractivity contribution >= 4 is 11.9 Å². The molecule has 4 rings (SSSR count). The van der Waals surface area contributed by atoms with Gasteiger partial charge < -0.3 is 15.2 Å². The van der Waals surface area contributed by atoms with E-state index in [0.717, 1.165) is 40.9 Å². The first-order chi connectivity index (χ1) is 14.4. The molecule has 158 valence electrons. The highest BCUT2D eigenvalue weighted by Crippen LogP contribution is 2.33. The van der Waals surface area contributed by atoms with Gasteiger partial charge in [-0.25, -0.2) is 4.79 Å². The summed E-state index contributed by atoms with van der Waals surface area (Å²) < 4.78 is 5.98. The number of urea groups is 1. The molecule has 0 radical (unpaired) electrons. The molecule has 0 aromatic heterocycles. The van der Waals surface area contributed by atoms with Crippen molar-refractivity contribution in [3.63, 3.8) is 0 Å². The lowest BCUT2D eigenvalue weighted by Crippen LogP contribution is -2.42. The highest BCUT2D eigenvalue weighted by molar-refractivity contribution is 6.07. The molecular weight excluding hydrogens is 380 g/mol. The molecule has 2 aromatic carbocycles. The van der Waals surface area contributed by atoms with E-state index in [1.165, 1.54) is 5.56 Å². The SMILES string of the molecule is Cc1ccc([C@@]2(C)NC(=O)N(C[C@@H](O)CO[C@@H]3CCCc4ccccc43)C2=O)cc1. The van der Waals surface area contributed by atoms with Crippen LogP contribution in [0.4, 0.5) is 4.79 Å². The zero-order chi connectivity index (χ0) is 21.3. The van der Waals surface area contributed by atoms with E-state index < -0.39 is 17.7 Å². The first kappa shape index (κ1) is 20.6. The normalized spacial score (nSPS) is 24.5. The quantitative estimate of drug-likeness (QED) is 0.720. The van der Waals surface area contributed by atoms with Crippen LogP contribution < -0.4 is 5.32 Å². The maximum atomic E-state index is 13.0. The van der Waals surface area contributed by atoms with Crippen LogP contribution in [0, 0.1) is 6.92 Å². The Morgan fingerprint density at radius 3 is 2.70 bits per heavy atom. The summed E-state index contributed by atoms with van der Waals surface area (Å²) in [7, 11) is 0. The third-order valence-electron chi connectivity index (χ3n) is 6.10. The number of aliphatic hydroxyl groups is 1. The van der Waals surface area contributed by atoms with E-state index >= 15 is 0 Å². The molecule has 1 aliphatic heterocycles. The molecule has 1 fully saturated rings. The molecule has 1 saturated heterocycles. The summed E-state index contributed by atoms with van der Waals surface area (Å²) >= 11 is 0. The number of nitrogens with zero attached hydrogens (tertiary/aromatic N) is 1. The van der Waals surface area contributed by atoms with Crippen LogP contribution in [-0.4, -0.2) is 41.2 Å². The molecule has 2 N–H and O–H groups in total. The van der Waals surface area contributed by atoms with E-state index in [-0.39, 0.29) is 25.2 Å². The lowest BCUT2D eigenvalue weighted by molar-refractivity contribution is -0.132. The van der Waals surface area contributed by atoms with Crippen LogP contribution in [0.1, 0.15) is 48.1 Å². The zero-order valence-electron chi connectivity index (χ0n) is 17.4. The number of ether oxygens (including phenoxy) is 1. The van der Waals surface area contributed by atoms with Crippen LogP contribution >= 0.6 is 0 Å². The number of fused-ring (bicyclic) bond motifs is 1. The number of carbonyl (C=O) groups excluding carboxylic acids is 2. The van der Waals surface area contributed by atoms with Crippen molar-refractivity contribution in [1.29, 1.82) is 0 Å². The molecule has 3 atom stereocenters. The fraction of sp³-hybridized carbons (Fsp3) is 0.417. The average molecular weight is 408 g/mol. The van der Waals surface area contributed by atoms with Crippen molar-refractivity contribution in [3.05, 3.63) is 70.8 Å². The summed E-state index contributed by atoms with van der Waals surface area (Å²) in [5, 5.41) is 13.3. The number of rotatable bonds is 6. The van der Waals surface area contributed by atoms with Gasteiger partial charge in [0.1, 0.15) is 5.54 Å². The number of imide groups is 1. The van der Waals surface area contributed by atoms with Crippen LogP contribution in [0.2, 0.25) is 0 Å². The average Bonchev–Trinajstić information content (AvgIpc) is 2.96. The number of carbonyl (C=O) groups is 2. The van der Waals surface area contributed by atoms with Gasteiger partial charge in [0.25, 0.3) is 5.91 Å². The lowest BCUT2D eigenvalue weighted by Gasteiger charge is -2.27. The molecule has 0 unspecified atom stereocenters. The number of aryl methyl sites for hydroxylation is 2. The predicted octanol–water partition coefficient (Wildman–Crippen LogP) is 3.22. The number of aliphatic hydroxyl groups excluding tert-OH is 1. The van der Waals surface area contributed by atoms with E-state index in [1.807, 2.05) is 43.3 Å². The molecule has 1 heterocycles. The minimum atomic E-state index is -1.13. The fourth-order valence-corrected chi connectivity index (χ4v) is 4.32. The fourth-order valence-electron chi connectivity index (χ4n) is 4.32. The van der Waals surface area contributed by atoms with Gasteiger partial charge in [-0.05, 0) is 49.8 Å². The van der Waals surface area contributed by atoms with E-state index in [0.29, 0.717) is 0 Å². The van der Waals surface area contributed by atoms with Gasteiger partial charge in [0.05, 0.1) is 25.4 Å². The van der Waals surface area contributed by atoms with E-state index in [9.17, 15) is 14.7 Å². The maximum absolute atomic E-state index is 13.0. The van der Waals surface area contributed by atoms with Crippen LogP contribution in [0.3, 0.4) is 0 Å². The molecule has 6 heteroatoms. The van der Waals surface area contributed by atoms with Crippen molar-refractivity contribution < 1.29 is 19.4 Å². The van der Waals surface area contributed by atoms with Crippen LogP contribution in [-0.2, 0) is 21.5 Å². The molecule has 0 bridgehead atoms. The predicted molar refractivity (Wildman–Crippen MR) is 113 cm³/mol. The van der Waals surface area contributed by atoms with Gasteiger partial charge in [-0.1, -0.05) is 54.1 Å². The van der Waals surface area contributed by atoms with Gasteiger partial charge in [-0.3, -0.25) is 9.69 Å². The summed E-state index contributed by atoms with van der Waals surface area (Å²) in [4.78, 5) is 26.6. The third-order valence-corrected chi connectivity index (χ3v) is 6.10. The summed E-state index contributed by atoms with van der Waals surface area (Å²) in [6.45, 7) is 3.63. The van der Waals surface area contributed by atoms with E-state index in [2.05, 4.69) is 17.4 Å². The minimum absolute atomic E-state index is 0.0643. The Balaban J connectivity index is 1.39. The second-order valence-electron chi connectivity index (χ2n) is 8.40. The number of benzene rings is 2. The number of amides is 3. The van der Waals surface area contributed by atoms with Gasteiger partial charge in [-0.15, -0.1) is 0 Å². The molecular formula is C24H28N2O4. The first-order valence-electron chi connectivity index (χ1n) is 10.5. The zero-order valence-corrected chi connectivity index (χ0v) is 17.4. The van der Waals surface area contributed by atoms with E-state index in [1.54, 1.807) is 6.92 Å². The standard InChI is InChI=1S/C24H28N2O4/c1-16-10-12-18(13-11-16)24(2)22(28)26(23(29)25-24)14-19(27)15-30-21-9-5-7-17-6-3-4-8-20(17)21/h3-4,6,8,10-13,19,21,27H,5,7,9,14-15H2,1-2H3,(H,25,29)/t19-,21-,24-/m1/s1. The second kappa shape index (κ2) is 8.20. The van der Waals surface area contributed by atoms with E-state index in [4.69, 9.17) is 4.74 Å². The third kappa shape index (κ3) is 3.85. The second-order valence-corrected chi connectivity index (χ2v) is 8.40. The molecule has 3 amide bonds. The molecule has 2 aliphatic rings. The maximum Gasteiger partial charge on any atom is 0.325 e. The van der Waals surface area contributed by atoms with Gasteiger partial charge >= 0.3 is 6.03 Å². The Bertz CT molecular complexity index is 942. The molecule has 6 nitrogen and oxygen atoms in total. The summed E-state index contributed by atoms with van der Waals surface area (Å²) in [5.41, 5.74) is 3.11. The Morgan fingerprint density at radius 2 is 1.93 bits per heavy atom. The highest BCUT2D eigenvalue weighted by atomic mass is 16.5.